The van der Waals surface area contributed by atoms with Gasteiger partial charge in [-0.15, -0.1) is 0 Å². The van der Waals surface area contributed by atoms with Crippen LogP contribution < -0.4 is 0 Å². The first-order chi connectivity index (χ1) is 24.4. The Morgan fingerprint density at radius 3 is 1.66 bits per heavy atom. The van der Waals surface area contributed by atoms with Gasteiger partial charge in [-0.2, -0.15) is 0 Å². The number of carbonyl (C=O) groups excluding carboxylic acids is 1. The normalized spacial score (nSPS) is 28.3. The molecule has 0 amide bonds. The summed E-state index contributed by atoms with van der Waals surface area (Å²) in [6, 6.07) is 45.5. The van der Waals surface area contributed by atoms with Crippen LogP contribution in [0.1, 0.15) is 115 Å². The first-order valence-corrected chi connectivity index (χ1v) is 19.0. The Bertz CT molecular complexity index is 1960. The number of aromatic hydroxyl groups is 1. The van der Waals surface area contributed by atoms with Crippen molar-refractivity contribution in [3.05, 3.63) is 172 Å². The van der Waals surface area contributed by atoms with Crippen LogP contribution in [0.15, 0.2) is 127 Å². The van der Waals surface area contributed by atoms with Gasteiger partial charge in [-0.3, -0.25) is 4.79 Å². The maximum Gasteiger partial charge on any atom is 0.139 e. The predicted molar refractivity (Wildman–Crippen MR) is 202 cm³/mol. The number of carbonyl (C=O) groups is 1. The van der Waals surface area contributed by atoms with Crippen LogP contribution in [0.5, 0.6) is 5.75 Å². The number of Topliss-reactive ketones (excluding diaryl/α,β-unsaturated/α-hetero) is 1. The fourth-order valence-electron chi connectivity index (χ4n) is 12.0. The predicted octanol–water partition coefficient (Wildman–Crippen LogP) is 11.1. The third kappa shape index (κ3) is 4.49. The molecule has 9 rings (SSSR count). The molecule has 4 aliphatic carbocycles. The third-order valence-electron chi connectivity index (χ3n) is 14.4. The smallest absolute Gasteiger partial charge is 0.139 e. The molecule has 0 aliphatic heterocycles. The van der Waals surface area contributed by atoms with Gasteiger partial charge < -0.3 is 5.11 Å². The number of rotatable bonds is 6. The maximum atomic E-state index is 14.0. The molecule has 2 heteroatoms. The lowest BCUT2D eigenvalue weighted by Gasteiger charge is -2.57. The molecule has 5 aromatic rings. The number of hydrogen-bond acceptors (Lipinski definition) is 2. The van der Waals surface area contributed by atoms with Crippen molar-refractivity contribution in [3.63, 3.8) is 0 Å². The van der Waals surface area contributed by atoms with E-state index in [2.05, 4.69) is 141 Å². The summed E-state index contributed by atoms with van der Waals surface area (Å²) >= 11 is 0. The van der Waals surface area contributed by atoms with Crippen molar-refractivity contribution in [1.29, 1.82) is 0 Å². The van der Waals surface area contributed by atoms with E-state index in [1.165, 1.54) is 46.2 Å². The highest BCUT2D eigenvalue weighted by Crippen LogP contribution is 2.73. The van der Waals surface area contributed by atoms with Crippen molar-refractivity contribution < 1.29 is 9.90 Å². The Kier molecular flexibility index (Phi) is 7.46. The Morgan fingerprint density at radius 1 is 0.600 bits per heavy atom. The Morgan fingerprint density at radius 2 is 1.12 bits per heavy atom. The monoisotopic (exact) mass is 656 g/mol. The highest BCUT2D eigenvalue weighted by atomic mass is 16.3. The van der Waals surface area contributed by atoms with Gasteiger partial charge in [0.2, 0.25) is 0 Å². The van der Waals surface area contributed by atoms with E-state index >= 15 is 0 Å². The number of fused-ring (bicyclic) bond motifs is 4. The van der Waals surface area contributed by atoms with E-state index in [0.717, 1.165) is 49.7 Å². The van der Waals surface area contributed by atoms with E-state index in [1.54, 1.807) is 0 Å². The van der Waals surface area contributed by atoms with Crippen LogP contribution in [0.4, 0.5) is 0 Å². The molecular weight excluding hydrogens is 609 g/mol. The van der Waals surface area contributed by atoms with E-state index < -0.39 is 0 Å². The molecule has 0 aromatic heterocycles. The molecule has 0 radical (unpaired) electrons. The Labute approximate surface area is 297 Å². The first kappa shape index (κ1) is 31.5. The van der Waals surface area contributed by atoms with Crippen molar-refractivity contribution in [3.8, 4) is 5.75 Å². The van der Waals surface area contributed by atoms with E-state index in [0.29, 0.717) is 23.4 Å². The zero-order chi connectivity index (χ0) is 34.1. The molecule has 4 aliphatic rings. The van der Waals surface area contributed by atoms with E-state index in [4.69, 9.17) is 0 Å². The van der Waals surface area contributed by atoms with Gasteiger partial charge in [0.1, 0.15) is 11.5 Å². The molecule has 0 bridgehead atoms. The lowest BCUT2D eigenvalue weighted by Crippen LogP contribution is -2.55. The largest absolute Gasteiger partial charge is 0.507 e. The summed E-state index contributed by atoms with van der Waals surface area (Å²) in [5.74, 6) is 1.64. The molecule has 252 valence electrons. The third-order valence-corrected chi connectivity index (χ3v) is 14.4. The molecule has 2 nitrogen and oxygen atoms in total. The second-order valence-corrected chi connectivity index (χ2v) is 16.4. The molecule has 5 aromatic carbocycles. The summed E-state index contributed by atoms with van der Waals surface area (Å²) in [5, 5.41) is 13.0. The average Bonchev–Trinajstić information content (AvgIpc) is 3.60. The van der Waals surface area contributed by atoms with Gasteiger partial charge in [-0.1, -0.05) is 141 Å². The number of phenols is 1. The van der Waals surface area contributed by atoms with Crippen molar-refractivity contribution in [1.82, 2.24) is 0 Å². The lowest BCUT2D eigenvalue weighted by atomic mass is 9.46. The van der Waals surface area contributed by atoms with E-state index in [9.17, 15) is 9.90 Å². The van der Waals surface area contributed by atoms with Crippen molar-refractivity contribution >= 4 is 5.78 Å². The summed E-state index contributed by atoms with van der Waals surface area (Å²) in [4.78, 5) is 14.0. The van der Waals surface area contributed by atoms with Crippen molar-refractivity contribution in [2.24, 2.45) is 22.7 Å². The number of benzene rings is 5. The van der Waals surface area contributed by atoms with Crippen LogP contribution in [0.2, 0.25) is 0 Å². The lowest BCUT2D eigenvalue weighted by molar-refractivity contribution is -0.139. The van der Waals surface area contributed by atoms with Gasteiger partial charge in [0.05, 0.1) is 0 Å². The van der Waals surface area contributed by atoms with Crippen LogP contribution in [0, 0.1) is 22.7 Å². The van der Waals surface area contributed by atoms with Crippen LogP contribution in [-0.4, -0.2) is 10.9 Å². The maximum absolute atomic E-state index is 14.0. The van der Waals surface area contributed by atoms with Gasteiger partial charge in [0, 0.05) is 34.8 Å². The molecule has 2 unspecified atom stereocenters. The molecule has 3 saturated carbocycles. The standard InChI is InChI=1S/C48H48O2/c1-46-27-25-39-38-24-23-36-40(47(38,2)29-30-48(39,46)41(49)26-28-46)31-37(42(32-15-7-3-8-16-32)33-17-9-4-10-18-33)45(50)44(36)43(34-19-11-5-12-20-34)35-21-13-6-14-22-35/h3-22,31,38-39,42-43,50H,23-30H2,1-2H3/t38?,39?,46-,47-,48+/m0/s1. The van der Waals surface area contributed by atoms with Crippen LogP contribution in [0.3, 0.4) is 0 Å². The minimum Gasteiger partial charge on any atom is -0.507 e. The second kappa shape index (κ2) is 11.8. The molecule has 50 heavy (non-hydrogen) atoms. The zero-order valence-electron chi connectivity index (χ0n) is 29.4. The fourth-order valence-corrected chi connectivity index (χ4v) is 12.0. The highest BCUT2D eigenvalue weighted by molar-refractivity contribution is 5.89. The fraction of sp³-hybridized carbons (Fsp3) is 0.354. The minimum atomic E-state index is -0.148. The number of hydrogen-bond donors (Lipinski definition) is 1. The van der Waals surface area contributed by atoms with E-state index in [1.807, 2.05) is 0 Å². The molecule has 3 fully saturated rings. The molecular formula is C48H48O2. The van der Waals surface area contributed by atoms with Gasteiger partial charge >= 0.3 is 0 Å². The summed E-state index contributed by atoms with van der Waals surface area (Å²) < 4.78 is 0. The van der Waals surface area contributed by atoms with Crippen LogP contribution >= 0.6 is 0 Å². The molecule has 0 saturated heterocycles. The minimum absolute atomic E-state index is 0.0787. The van der Waals surface area contributed by atoms with Crippen LogP contribution in [-0.2, 0) is 16.6 Å². The Balaban J connectivity index is 1.32. The quantitative estimate of drug-likeness (QED) is 0.185. The molecule has 1 spiro atoms. The zero-order valence-corrected chi connectivity index (χ0v) is 29.4. The van der Waals surface area contributed by atoms with Crippen LogP contribution in [0.25, 0.3) is 0 Å². The first-order valence-electron chi connectivity index (χ1n) is 19.0. The molecule has 1 N–H and O–H groups in total. The van der Waals surface area contributed by atoms with Gasteiger partial charge in [0.25, 0.3) is 0 Å². The van der Waals surface area contributed by atoms with Gasteiger partial charge in [-0.05, 0) is 101 Å². The second-order valence-electron chi connectivity index (χ2n) is 16.4. The number of phenolic OH excluding ortho intramolecular Hbond substituents is 1. The number of ketones is 1. The van der Waals surface area contributed by atoms with Crippen molar-refractivity contribution in [2.75, 3.05) is 0 Å². The molecule has 0 heterocycles. The van der Waals surface area contributed by atoms with Gasteiger partial charge in [0.15, 0.2) is 0 Å². The summed E-state index contributed by atoms with van der Waals surface area (Å²) in [6.07, 6.45) is 8.19. The summed E-state index contributed by atoms with van der Waals surface area (Å²) in [7, 11) is 0. The SMILES string of the molecule is C[C@]12CCC(=O)[C@]13CC[C@]1(C)c4cc(C(c5ccccc5)c5ccccc5)c(O)c(C(c5ccccc5)c5ccccc5)c4CCC1C3CC2. The van der Waals surface area contributed by atoms with Gasteiger partial charge in [-0.25, -0.2) is 0 Å². The summed E-state index contributed by atoms with van der Waals surface area (Å²) in [5.41, 5.74) is 9.48. The molecule has 5 atom stereocenters. The van der Waals surface area contributed by atoms with Crippen molar-refractivity contribution in [2.45, 2.75) is 82.5 Å². The topological polar surface area (TPSA) is 37.3 Å². The highest BCUT2D eigenvalue weighted by Gasteiger charge is 2.70. The average molecular weight is 657 g/mol. The van der Waals surface area contributed by atoms with E-state index in [-0.39, 0.29) is 28.1 Å². The summed E-state index contributed by atoms with van der Waals surface area (Å²) in [6.45, 7) is 4.97. The Hall–Kier alpha value is -4.43.